The van der Waals surface area contributed by atoms with Gasteiger partial charge in [-0.2, -0.15) is 15.5 Å². The maximum atomic E-state index is 15.3. The number of aromatic nitrogens is 4. The largest absolute Gasteiger partial charge is 0.386 e. The first-order chi connectivity index (χ1) is 30.7. The molecule has 5 aromatic rings. The van der Waals surface area contributed by atoms with Gasteiger partial charge in [0.2, 0.25) is 11.8 Å². The van der Waals surface area contributed by atoms with E-state index in [0.717, 1.165) is 88.7 Å². The van der Waals surface area contributed by atoms with Crippen LogP contribution in [0.25, 0.3) is 16.4 Å². The molecule has 0 unspecified atom stereocenters. The van der Waals surface area contributed by atoms with Crippen molar-refractivity contribution in [1.82, 2.24) is 34.5 Å². The zero-order valence-corrected chi connectivity index (χ0v) is 36.3. The van der Waals surface area contributed by atoms with Crippen LogP contribution in [-0.4, -0.2) is 103 Å². The van der Waals surface area contributed by atoms with Crippen molar-refractivity contribution in [3.05, 3.63) is 88.9 Å². The number of imide groups is 1. The van der Waals surface area contributed by atoms with Gasteiger partial charge in [0.15, 0.2) is 0 Å². The summed E-state index contributed by atoms with van der Waals surface area (Å²) < 4.78 is 34.1. The Kier molecular flexibility index (Phi) is 10.8. The van der Waals surface area contributed by atoms with Crippen LogP contribution in [0.3, 0.4) is 0 Å². The molecule has 2 aromatic carbocycles. The molecule has 3 aromatic heterocycles. The topological polar surface area (TPSA) is 164 Å². The van der Waals surface area contributed by atoms with Crippen LogP contribution in [-0.2, 0) is 15.2 Å². The van der Waals surface area contributed by atoms with E-state index in [0.29, 0.717) is 45.8 Å². The van der Waals surface area contributed by atoms with Crippen LogP contribution in [0.2, 0.25) is 0 Å². The van der Waals surface area contributed by atoms with E-state index < -0.39 is 35.0 Å². The van der Waals surface area contributed by atoms with Crippen LogP contribution in [0.4, 0.5) is 20.2 Å². The van der Waals surface area contributed by atoms with Gasteiger partial charge in [-0.25, -0.2) is 13.3 Å². The fourth-order valence-electron chi connectivity index (χ4n) is 11.4. The van der Waals surface area contributed by atoms with Gasteiger partial charge in [-0.15, -0.1) is 0 Å². The zero-order chi connectivity index (χ0) is 44.5. The van der Waals surface area contributed by atoms with Gasteiger partial charge in [0.25, 0.3) is 5.91 Å². The molecule has 1 spiro atoms. The fourth-order valence-corrected chi connectivity index (χ4v) is 11.4. The van der Waals surface area contributed by atoms with Crippen molar-refractivity contribution in [2.45, 2.75) is 108 Å². The highest BCUT2D eigenvalue weighted by Crippen LogP contribution is 2.52. The highest BCUT2D eigenvalue weighted by Gasteiger charge is 2.48. The molecule has 5 fully saturated rings. The maximum absolute atomic E-state index is 15.3. The fraction of sp³-hybridized carbons (Fsp3) is 0.500. The number of hydrogen-bond acceptors (Lipinski definition) is 10. The van der Waals surface area contributed by atoms with Gasteiger partial charge in [-0.1, -0.05) is 0 Å². The van der Waals surface area contributed by atoms with Gasteiger partial charge >= 0.3 is 0 Å². The molecule has 1 atom stereocenters. The van der Waals surface area contributed by atoms with Crippen molar-refractivity contribution >= 4 is 45.5 Å². The molecule has 2 saturated carbocycles. The maximum Gasteiger partial charge on any atom is 0.274 e. The zero-order valence-electron chi connectivity index (χ0n) is 36.3. The number of nitrogens with one attached hydrogen (secondary N) is 2. The van der Waals surface area contributed by atoms with Gasteiger partial charge < -0.3 is 15.3 Å². The molecule has 3 aliphatic heterocycles. The molecule has 14 nitrogen and oxygen atoms in total. The summed E-state index contributed by atoms with van der Waals surface area (Å²) in [5, 5.41) is 35.8. The van der Waals surface area contributed by atoms with Crippen molar-refractivity contribution in [3.8, 4) is 6.07 Å². The lowest BCUT2D eigenvalue weighted by atomic mass is 9.60. The third-order valence-electron chi connectivity index (χ3n) is 15.0. The molecule has 3 N–H and O–H groups in total. The van der Waals surface area contributed by atoms with Crippen molar-refractivity contribution < 1.29 is 28.3 Å². The Morgan fingerprint density at radius 3 is 2.23 bits per heavy atom. The van der Waals surface area contributed by atoms with Crippen molar-refractivity contribution in [3.63, 3.8) is 0 Å². The summed E-state index contributed by atoms with van der Waals surface area (Å²) in [4.78, 5) is 44.8. The molecule has 334 valence electrons. The smallest absolute Gasteiger partial charge is 0.274 e. The molecular weight excluding hydrogens is 819 g/mol. The highest BCUT2D eigenvalue weighted by molar-refractivity contribution is 6.05. The summed E-state index contributed by atoms with van der Waals surface area (Å²) in [5.74, 6) is -3.88. The Balaban J connectivity index is 0.703. The first kappa shape index (κ1) is 42.2. The molecule has 10 rings (SSSR count). The minimum atomic E-state index is -1.24. The Morgan fingerprint density at radius 2 is 1.58 bits per heavy atom. The van der Waals surface area contributed by atoms with Gasteiger partial charge in [0.1, 0.15) is 23.4 Å². The van der Waals surface area contributed by atoms with Crippen LogP contribution in [0.1, 0.15) is 117 Å². The molecule has 0 radical (unpaired) electrons. The van der Waals surface area contributed by atoms with E-state index in [1.807, 2.05) is 12.1 Å². The number of piperidine rings is 2. The number of carbonyl (C=O) groups is 3. The standard InChI is InChI=1S/C48H54F2N10O4/c1-47(2,64)37-23-40-30(20-41(37)53-46(63)42-9-7-33-19-29(26-51)27-52-60(33)42)28-59(55-40)32-5-3-31(4-6-32)57-15-17-58(18-16-57)35-24-48(25-35)11-13-56(14-12-48)34-21-38(49)44(39(50)22-34)36-8-10-43(61)54-45(36)62/h7,9,19-23,27-28,31-32,35-36,64H,3-6,8,10-18,24-25H2,1-2H3,(H,53,63)(H,54,61,62)/t31?,32?,36-/m1/s1. The van der Waals surface area contributed by atoms with E-state index in [1.54, 1.807) is 32.0 Å². The molecule has 5 aliphatic rings. The number of nitrogens with zero attached hydrogens (tertiary/aromatic N) is 8. The summed E-state index contributed by atoms with van der Waals surface area (Å²) in [6.07, 6.45) is 12.2. The summed E-state index contributed by atoms with van der Waals surface area (Å²) >= 11 is 0. The molecule has 16 heteroatoms. The Morgan fingerprint density at radius 1 is 0.906 bits per heavy atom. The second kappa shape index (κ2) is 16.3. The normalized spacial score (nSPS) is 23.6. The number of rotatable bonds is 8. The van der Waals surface area contributed by atoms with E-state index in [9.17, 15) is 24.8 Å². The van der Waals surface area contributed by atoms with Crippen molar-refractivity contribution in [2.75, 3.05) is 49.5 Å². The molecule has 0 bridgehead atoms. The van der Waals surface area contributed by atoms with Crippen LogP contribution in [0.5, 0.6) is 0 Å². The van der Waals surface area contributed by atoms with Gasteiger partial charge in [-0.05, 0) is 120 Å². The molecule has 2 aliphatic carbocycles. The molecule has 3 amide bonds. The number of aliphatic hydroxyl groups is 1. The average Bonchev–Trinajstić information content (AvgIpc) is 3.90. The SMILES string of the molecule is CC(C)(O)c1cc2nn(C3CCC(N4CCN(C5CC6(CCN(c7cc(F)c([C@H]8CCC(=O)NC8=O)c(F)c7)CC6)C5)CC4)CC3)cc2cc1NC(=O)c1ccc2cc(C#N)cnn12. The number of amides is 3. The van der Waals surface area contributed by atoms with E-state index in [-0.39, 0.29) is 35.8 Å². The number of halogens is 2. The monoisotopic (exact) mass is 872 g/mol. The minimum Gasteiger partial charge on any atom is -0.386 e. The summed E-state index contributed by atoms with van der Waals surface area (Å²) in [6.45, 7) is 9.14. The summed E-state index contributed by atoms with van der Waals surface area (Å²) in [7, 11) is 0. The Bertz CT molecular complexity index is 2660. The van der Waals surface area contributed by atoms with Crippen molar-refractivity contribution in [2.24, 2.45) is 5.41 Å². The van der Waals surface area contributed by atoms with Crippen LogP contribution in [0, 0.1) is 28.4 Å². The molecular formula is C48H54F2N10O4. The van der Waals surface area contributed by atoms with Gasteiger partial charge in [-0.3, -0.25) is 34.2 Å². The van der Waals surface area contributed by atoms with Gasteiger partial charge in [0, 0.05) is 91.9 Å². The predicted molar refractivity (Wildman–Crippen MR) is 236 cm³/mol. The third kappa shape index (κ3) is 7.92. The van der Waals surface area contributed by atoms with E-state index in [1.165, 1.54) is 35.7 Å². The first-order valence-electron chi connectivity index (χ1n) is 22.7. The molecule has 64 heavy (non-hydrogen) atoms. The molecule has 3 saturated heterocycles. The highest BCUT2D eigenvalue weighted by atomic mass is 19.1. The second-order valence-electron chi connectivity index (χ2n) is 19.4. The number of piperazine rings is 1. The van der Waals surface area contributed by atoms with Crippen LogP contribution >= 0.6 is 0 Å². The average molecular weight is 873 g/mol. The van der Waals surface area contributed by atoms with Crippen LogP contribution < -0.4 is 15.5 Å². The quantitative estimate of drug-likeness (QED) is 0.149. The predicted octanol–water partition coefficient (Wildman–Crippen LogP) is 6.38. The van der Waals surface area contributed by atoms with E-state index in [4.69, 9.17) is 5.10 Å². The third-order valence-corrected chi connectivity index (χ3v) is 15.0. The van der Waals surface area contributed by atoms with E-state index in [2.05, 4.69) is 47.4 Å². The Hall–Kier alpha value is -5.76. The lowest BCUT2D eigenvalue weighted by molar-refractivity contribution is -0.134. The van der Waals surface area contributed by atoms with E-state index >= 15 is 8.78 Å². The van der Waals surface area contributed by atoms with Crippen molar-refractivity contribution in [1.29, 1.82) is 5.26 Å². The second-order valence-corrected chi connectivity index (χ2v) is 19.4. The number of benzene rings is 2. The van der Waals surface area contributed by atoms with Crippen LogP contribution in [0.15, 0.2) is 54.9 Å². The number of carbonyl (C=O) groups excluding carboxylic acids is 3. The lowest BCUT2D eigenvalue weighted by Gasteiger charge is -2.57. The Labute approximate surface area is 370 Å². The number of nitriles is 1. The lowest BCUT2D eigenvalue weighted by Crippen LogP contribution is -2.60. The first-order valence-corrected chi connectivity index (χ1v) is 22.7. The van der Waals surface area contributed by atoms with Gasteiger partial charge in [0.05, 0.1) is 40.4 Å². The minimum absolute atomic E-state index is 0.0685. The molecule has 6 heterocycles. The number of hydrogen-bond donors (Lipinski definition) is 3. The summed E-state index contributed by atoms with van der Waals surface area (Å²) in [6, 6.07) is 15.0. The number of fused-ring (bicyclic) bond motifs is 2. The number of anilines is 2. The summed E-state index contributed by atoms with van der Waals surface area (Å²) in [5.41, 5.74) is 2.49.